The lowest BCUT2D eigenvalue weighted by Crippen LogP contribution is -2.55. The lowest BCUT2D eigenvalue weighted by molar-refractivity contribution is -0.122. The van der Waals surface area contributed by atoms with Crippen molar-refractivity contribution in [1.29, 1.82) is 0 Å². The molecule has 1 aliphatic rings. The summed E-state index contributed by atoms with van der Waals surface area (Å²) < 4.78 is 6.33. The maximum Gasteiger partial charge on any atom is 0.230 e. The van der Waals surface area contributed by atoms with Gasteiger partial charge in [0.25, 0.3) is 0 Å². The molecule has 0 atom stereocenters. The van der Waals surface area contributed by atoms with Gasteiger partial charge in [-0.15, -0.1) is 11.8 Å². The minimum Gasteiger partial charge on any atom is -0.394 e. The molecule has 1 aliphatic heterocycles. The Morgan fingerprint density at radius 3 is 2.81 bits per heavy atom. The van der Waals surface area contributed by atoms with Crippen molar-refractivity contribution in [2.45, 2.75) is 30.2 Å². The van der Waals surface area contributed by atoms with Crippen LogP contribution in [-0.4, -0.2) is 42.1 Å². The van der Waals surface area contributed by atoms with Crippen LogP contribution in [0.2, 0.25) is 0 Å². The number of thioether (sulfide) groups is 1. The van der Waals surface area contributed by atoms with Gasteiger partial charge in [-0.25, -0.2) is 0 Å². The van der Waals surface area contributed by atoms with Crippen LogP contribution in [0.15, 0.2) is 27.6 Å². The number of aliphatic hydroxyl groups excluding tert-OH is 1. The lowest BCUT2D eigenvalue weighted by atomic mass is 9.91. The van der Waals surface area contributed by atoms with Crippen molar-refractivity contribution in [3.8, 4) is 0 Å². The van der Waals surface area contributed by atoms with E-state index in [1.807, 2.05) is 25.1 Å². The van der Waals surface area contributed by atoms with Crippen molar-refractivity contribution in [1.82, 2.24) is 5.32 Å². The molecule has 4 nitrogen and oxygen atoms in total. The van der Waals surface area contributed by atoms with Crippen LogP contribution < -0.4 is 5.32 Å². The summed E-state index contributed by atoms with van der Waals surface area (Å²) in [5.41, 5.74) is 0.634. The van der Waals surface area contributed by atoms with Crippen LogP contribution in [0, 0.1) is 6.92 Å². The number of rotatable bonds is 5. The van der Waals surface area contributed by atoms with E-state index < -0.39 is 5.54 Å². The molecule has 1 aromatic carbocycles. The van der Waals surface area contributed by atoms with E-state index in [-0.39, 0.29) is 12.5 Å². The van der Waals surface area contributed by atoms with Gasteiger partial charge in [-0.05, 0) is 43.5 Å². The number of hydrogen-bond donors (Lipinski definition) is 2. The number of halogens is 1. The highest BCUT2D eigenvalue weighted by molar-refractivity contribution is 9.10. The first kappa shape index (κ1) is 16.8. The molecule has 116 valence electrons. The van der Waals surface area contributed by atoms with Crippen molar-refractivity contribution < 1.29 is 14.6 Å². The molecule has 0 unspecified atom stereocenters. The monoisotopic (exact) mass is 373 g/mol. The standard InChI is InChI=1S/C15H20BrNO3S/c1-11-8-12(16)2-3-13(11)21-9-14(19)17-15(10-18)4-6-20-7-5-15/h2-3,8,18H,4-7,9-10H2,1H3,(H,17,19). The van der Waals surface area contributed by atoms with Crippen molar-refractivity contribution in [2.24, 2.45) is 0 Å². The Balaban J connectivity index is 1.89. The van der Waals surface area contributed by atoms with Crippen LogP contribution in [0.25, 0.3) is 0 Å². The fourth-order valence-electron chi connectivity index (χ4n) is 2.33. The highest BCUT2D eigenvalue weighted by Crippen LogP contribution is 2.26. The number of ether oxygens (including phenoxy) is 1. The zero-order chi connectivity index (χ0) is 15.3. The zero-order valence-corrected chi connectivity index (χ0v) is 14.4. The van der Waals surface area contributed by atoms with Crippen LogP contribution in [0.3, 0.4) is 0 Å². The van der Waals surface area contributed by atoms with E-state index in [0.717, 1.165) is 14.9 Å². The molecule has 0 radical (unpaired) electrons. The second-order valence-corrected chi connectivity index (χ2v) is 7.23. The minimum absolute atomic E-state index is 0.0376. The first-order chi connectivity index (χ1) is 10.0. The summed E-state index contributed by atoms with van der Waals surface area (Å²) in [4.78, 5) is 13.2. The molecule has 2 N–H and O–H groups in total. The molecular formula is C15H20BrNO3S. The summed E-state index contributed by atoms with van der Waals surface area (Å²) in [5, 5.41) is 12.6. The summed E-state index contributed by atoms with van der Waals surface area (Å²) in [5.74, 6) is 0.309. The number of amides is 1. The van der Waals surface area contributed by atoms with Crippen molar-refractivity contribution in [3.63, 3.8) is 0 Å². The van der Waals surface area contributed by atoms with E-state index in [4.69, 9.17) is 4.74 Å². The summed E-state index contributed by atoms with van der Waals surface area (Å²) in [7, 11) is 0. The molecule has 0 saturated carbocycles. The van der Waals surface area contributed by atoms with Crippen molar-refractivity contribution in [2.75, 3.05) is 25.6 Å². The summed E-state index contributed by atoms with van der Waals surface area (Å²) >= 11 is 4.95. The van der Waals surface area contributed by atoms with Crippen LogP contribution in [0.4, 0.5) is 0 Å². The Labute approximate surface area is 137 Å². The number of carbonyl (C=O) groups excluding carboxylic acids is 1. The number of aliphatic hydroxyl groups is 1. The lowest BCUT2D eigenvalue weighted by Gasteiger charge is -2.36. The van der Waals surface area contributed by atoms with Crippen LogP contribution in [0.1, 0.15) is 18.4 Å². The van der Waals surface area contributed by atoms with E-state index in [9.17, 15) is 9.90 Å². The maximum atomic E-state index is 12.1. The number of nitrogens with one attached hydrogen (secondary N) is 1. The van der Waals surface area contributed by atoms with Crippen LogP contribution >= 0.6 is 27.7 Å². The molecule has 1 fully saturated rings. The average molecular weight is 374 g/mol. The third-order valence-corrected chi connectivity index (χ3v) is 5.32. The van der Waals surface area contributed by atoms with Gasteiger partial charge in [0.2, 0.25) is 5.91 Å². The molecule has 2 rings (SSSR count). The Bertz CT molecular complexity index is 504. The molecule has 1 amide bonds. The minimum atomic E-state index is -0.509. The molecule has 6 heteroatoms. The van der Waals surface area contributed by atoms with E-state index >= 15 is 0 Å². The fraction of sp³-hybridized carbons (Fsp3) is 0.533. The van der Waals surface area contributed by atoms with Gasteiger partial charge in [0.15, 0.2) is 0 Å². The smallest absolute Gasteiger partial charge is 0.230 e. The predicted molar refractivity (Wildman–Crippen MR) is 87.6 cm³/mol. The molecule has 0 aliphatic carbocycles. The molecule has 1 saturated heterocycles. The second kappa shape index (κ2) is 7.63. The topological polar surface area (TPSA) is 58.6 Å². The van der Waals surface area contributed by atoms with Gasteiger partial charge in [0.05, 0.1) is 17.9 Å². The number of hydrogen-bond acceptors (Lipinski definition) is 4. The first-order valence-corrected chi connectivity index (χ1v) is 8.71. The van der Waals surface area contributed by atoms with Gasteiger partial charge >= 0.3 is 0 Å². The molecular weight excluding hydrogens is 354 g/mol. The Hall–Kier alpha value is -0.560. The van der Waals surface area contributed by atoms with Gasteiger partial charge in [-0.2, -0.15) is 0 Å². The summed E-state index contributed by atoms with van der Waals surface area (Å²) in [6.07, 6.45) is 1.33. The third kappa shape index (κ3) is 4.71. The second-order valence-electron chi connectivity index (χ2n) is 5.30. The number of aryl methyl sites for hydroxylation is 1. The number of benzene rings is 1. The van der Waals surface area contributed by atoms with Crippen molar-refractivity contribution in [3.05, 3.63) is 28.2 Å². The molecule has 1 heterocycles. The summed E-state index contributed by atoms with van der Waals surface area (Å²) in [6, 6.07) is 6.02. The van der Waals surface area contributed by atoms with Gasteiger partial charge in [0.1, 0.15) is 0 Å². The quantitative estimate of drug-likeness (QED) is 0.778. The SMILES string of the molecule is Cc1cc(Br)ccc1SCC(=O)NC1(CO)CCOCC1. The van der Waals surface area contributed by atoms with Gasteiger partial charge in [-0.3, -0.25) is 4.79 Å². The van der Waals surface area contributed by atoms with Crippen LogP contribution in [0.5, 0.6) is 0 Å². The first-order valence-electron chi connectivity index (χ1n) is 6.93. The van der Waals surface area contributed by atoms with Gasteiger partial charge in [-0.1, -0.05) is 15.9 Å². The normalized spacial score (nSPS) is 17.5. The van der Waals surface area contributed by atoms with Crippen molar-refractivity contribution >= 4 is 33.6 Å². The number of carbonyl (C=O) groups is 1. The van der Waals surface area contributed by atoms with Gasteiger partial charge in [0, 0.05) is 22.6 Å². The predicted octanol–water partition coefficient (Wildman–Crippen LogP) is 2.51. The van der Waals surface area contributed by atoms with Gasteiger partial charge < -0.3 is 15.2 Å². The average Bonchev–Trinajstić information content (AvgIpc) is 2.47. The Morgan fingerprint density at radius 1 is 1.48 bits per heavy atom. The van der Waals surface area contributed by atoms with E-state index in [1.165, 1.54) is 11.8 Å². The molecule has 0 aromatic heterocycles. The Morgan fingerprint density at radius 2 is 2.19 bits per heavy atom. The fourth-order valence-corrected chi connectivity index (χ4v) is 3.62. The maximum absolute atomic E-state index is 12.1. The van der Waals surface area contributed by atoms with E-state index in [1.54, 1.807) is 0 Å². The highest BCUT2D eigenvalue weighted by atomic mass is 79.9. The molecule has 0 bridgehead atoms. The van der Waals surface area contributed by atoms with E-state index in [2.05, 4.69) is 21.2 Å². The largest absolute Gasteiger partial charge is 0.394 e. The highest BCUT2D eigenvalue weighted by Gasteiger charge is 2.33. The molecule has 0 spiro atoms. The Kier molecular flexibility index (Phi) is 6.10. The zero-order valence-electron chi connectivity index (χ0n) is 12.0. The molecule has 21 heavy (non-hydrogen) atoms. The third-order valence-electron chi connectivity index (χ3n) is 3.65. The van der Waals surface area contributed by atoms with Crippen LogP contribution in [-0.2, 0) is 9.53 Å². The molecule has 1 aromatic rings. The summed E-state index contributed by atoms with van der Waals surface area (Å²) in [6.45, 7) is 3.16. The van der Waals surface area contributed by atoms with E-state index in [0.29, 0.717) is 31.8 Å².